The largest absolute Gasteiger partial charge is 0.369 e. The van der Waals surface area contributed by atoms with Crippen LogP contribution in [-0.4, -0.2) is 47.2 Å². The van der Waals surface area contributed by atoms with Gasteiger partial charge in [-0.05, 0) is 60.6 Å². The number of rotatable bonds is 4. The van der Waals surface area contributed by atoms with E-state index in [1.165, 1.54) is 0 Å². The van der Waals surface area contributed by atoms with Gasteiger partial charge in [-0.2, -0.15) is 5.10 Å². The molecule has 150 valence electrons. The molecule has 0 aliphatic carbocycles. The molecule has 2 fully saturated rings. The minimum atomic E-state index is -0.178. The maximum Gasteiger partial charge on any atom is 0.222 e. The van der Waals surface area contributed by atoms with E-state index in [0.29, 0.717) is 23.9 Å². The number of nitrogens with zero attached hydrogens (tertiary/aromatic N) is 3. The first-order chi connectivity index (χ1) is 14.2. The van der Waals surface area contributed by atoms with Crippen LogP contribution in [0.4, 0.5) is 10.1 Å². The van der Waals surface area contributed by atoms with Gasteiger partial charge in [0.1, 0.15) is 5.82 Å². The highest BCUT2D eigenvalue weighted by Gasteiger charge is 2.27. The van der Waals surface area contributed by atoms with Crippen molar-refractivity contribution in [2.45, 2.75) is 25.7 Å². The maximum absolute atomic E-state index is 14.9. The van der Waals surface area contributed by atoms with Gasteiger partial charge in [-0.25, -0.2) is 4.39 Å². The number of carbonyl (C=O) groups excluding carboxylic acids is 1. The summed E-state index contributed by atoms with van der Waals surface area (Å²) in [5.74, 6) is 0.642. The van der Waals surface area contributed by atoms with E-state index >= 15 is 0 Å². The molecule has 5 rings (SSSR count). The van der Waals surface area contributed by atoms with Gasteiger partial charge < -0.3 is 9.80 Å². The highest BCUT2D eigenvalue weighted by molar-refractivity contribution is 5.84. The van der Waals surface area contributed by atoms with Crippen LogP contribution in [0.15, 0.2) is 42.6 Å². The van der Waals surface area contributed by atoms with E-state index in [9.17, 15) is 9.18 Å². The number of halogens is 1. The van der Waals surface area contributed by atoms with Crippen molar-refractivity contribution in [1.82, 2.24) is 15.1 Å². The summed E-state index contributed by atoms with van der Waals surface area (Å²) in [4.78, 5) is 16.0. The first kappa shape index (κ1) is 18.2. The Bertz CT molecular complexity index is 1040. The van der Waals surface area contributed by atoms with Gasteiger partial charge in [-0.15, -0.1) is 0 Å². The number of benzene rings is 2. The summed E-state index contributed by atoms with van der Waals surface area (Å²) in [5, 5.41) is 8.00. The summed E-state index contributed by atoms with van der Waals surface area (Å²) in [6.45, 7) is 3.44. The van der Waals surface area contributed by atoms with Gasteiger partial charge in [-0.1, -0.05) is 12.1 Å². The molecule has 3 heterocycles. The van der Waals surface area contributed by atoms with Crippen molar-refractivity contribution in [3.05, 3.63) is 48.4 Å². The van der Waals surface area contributed by atoms with Crippen molar-refractivity contribution in [3.8, 4) is 11.1 Å². The Morgan fingerprint density at radius 1 is 1.07 bits per heavy atom. The lowest BCUT2D eigenvalue weighted by atomic mass is 9.95. The Hall–Kier alpha value is -2.89. The van der Waals surface area contributed by atoms with Crippen LogP contribution in [0.25, 0.3) is 22.0 Å². The standard InChI is InChI=1S/C23H25FN4O/c24-20-13-18(17-3-5-21-19(12-17)14-25-26-21)4-6-22(20)27-10-7-16(8-11-27)15-28-9-1-2-23(28)29/h3-6,12-14,16H,1-2,7-11,15H2,(H,25,26). The Morgan fingerprint density at radius 3 is 2.62 bits per heavy atom. The minimum absolute atomic E-state index is 0.178. The lowest BCUT2D eigenvalue weighted by Crippen LogP contribution is -2.39. The highest BCUT2D eigenvalue weighted by Crippen LogP contribution is 2.31. The molecule has 0 bridgehead atoms. The van der Waals surface area contributed by atoms with Gasteiger partial charge >= 0.3 is 0 Å². The predicted octanol–water partition coefficient (Wildman–Crippen LogP) is 4.21. The smallest absolute Gasteiger partial charge is 0.222 e. The first-order valence-corrected chi connectivity index (χ1v) is 10.4. The van der Waals surface area contributed by atoms with Crippen molar-refractivity contribution in [1.29, 1.82) is 0 Å². The van der Waals surface area contributed by atoms with Gasteiger partial charge in [0.2, 0.25) is 5.91 Å². The van der Waals surface area contributed by atoms with Gasteiger partial charge in [0.25, 0.3) is 0 Å². The second-order valence-electron chi connectivity index (χ2n) is 8.21. The number of aromatic nitrogens is 2. The number of hydrogen-bond donors (Lipinski definition) is 1. The number of piperidine rings is 1. The van der Waals surface area contributed by atoms with E-state index in [1.54, 1.807) is 12.3 Å². The number of H-pyrrole nitrogens is 1. The summed E-state index contributed by atoms with van der Waals surface area (Å²) >= 11 is 0. The summed E-state index contributed by atoms with van der Waals surface area (Å²) in [5.41, 5.74) is 3.51. The average molecular weight is 392 g/mol. The summed E-state index contributed by atoms with van der Waals surface area (Å²) in [6, 6.07) is 11.5. The molecule has 2 aromatic carbocycles. The molecule has 0 unspecified atom stereocenters. The molecule has 0 spiro atoms. The van der Waals surface area contributed by atoms with Crippen molar-refractivity contribution in [2.24, 2.45) is 5.92 Å². The zero-order valence-electron chi connectivity index (χ0n) is 16.4. The van der Waals surface area contributed by atoms with E-state index in [1.807, 2.05) is 35.2 Å². The zero-order valence-corrected chi connectivity index (χ0v) is 16.4. The number of nitrogens with one attached hydrogen (secondary N) is 1. The number of anilines is 1. The van der Waals surface area contributed by atoms with Gasteiger partial charge in [0.15, 0.2) is 0 Å². The van der Waals surface area contributed by atoms with Crippen LogP contribution in [0.3, 0.4) is 0 Å². The second-order valence-corrected chi connectivity index (χ2v) is 8.21. The molecule has 1 aromatic heterocycles. The molecule has 2 aliphatic rings. The maximum atomic E-state index is 14.9. The first-order valence-electron chi connectivity index (χ1n) is 10.4. The van der Waals surface area contributed by atoms with Gasteiger partial charge in [-0.3, -0.25) is 9.89 Å². The van der Waals surface area contributed by atoms with Crippen molar-refractivity contribution < 1.29 is 9.18 Å². The Balaban J connectivity index is 1.26. The van der Waals surface area contributed by atoms with E-state index in [0.717, 1.165) is 67.5 Å². The molecule has 0 atom stereocenters. The van der Waals surface area contributed by atoms with E-state index < -0.39 is 0 Å². The molecule has 1 N–H and O–H groups in total. The molecule has 5 nitrogen and oxygen atoms in total. The fourth-order valence-corrected chi connectivity index (χ4v) is 4.63. The number of aromatic amines is 1. The molecule has 1 amide bonds. The van der Waals surface area contributed by atoms with Crippen LogP contribution in [0.1, 0.15) is 25.7 Å². The summed E-state index contributed by atoms with van der Waals surface area (Å²) < 4.78 is 14.9. The molecule has 2 saturated heterocycles. The van der Waals surface area contributed by atoms with Crippen LogP contribution < -0.4 is 4.90 Å². The van der Waals surface area contributed by atoms with Crippen molar-refractivity contribution >= 4 is 22.5 Å². The molecule has 0 radical (unpaired) electrons. The van der Waals surface area contributed by atoms with Crippen LogP contribution >= 0.6 is 0 Å². The van der Waals surface area contributed by atoms with E-state index in [4.69, 9.17) is 0 Å². The van der Waals surface area contributed by atoms with Crippen molar-refractivity contribution in [2.75, 3.05) is 31.1 Å². The average Bonchev–Trinajstić information content (AvgIpc) is 3.37. The quantitative estimate of drug-likeness (QED) is 0.724. The lowest BCUT2D eigenvalue weighted by molar-refractivity contribution is -0.128. The minimum Gasteiger partial charge on any atom is -0.369 e. The summed E-state index contributed by atoms with van der Waals surface area (Å²) in [6.07, 6.45) is 5.47. The predicted molar refractivity (Wildman–Crippen MR) is 112 cm³/mol. The fourth-order valence-electron chi connectivity index (χ4n) is 4.63. The van der Waals surface area contributed by atoms with Crippen LogP contribution in [0.5, 0.6) is 0 Å². The topological polar surface area (TPSA) is 52.2 Å². The number of carbonyl (C=O) groups is 1. The number of fused-ring (bicyclic) bond motifs is 1. The molecular formula is C23H25FN4O. The molecule has 29 heavy (non-hydrogen) atoms. The fraction of sp³-hybridized carbons (Fsp3) is 0.391. The highest BCUT2D eigenvalue weighted by atomic mass is 19.1. The third kappa shape index (κ3) is 3.59. The Morgan fingerprint density at radius 2 is 1.86 bits per heavy atom. The number of amides is 1. The normalized spacial score (nSPS) is 18.2. The molecule has 6 heteroatoms. The Kier molecular flexibility index (Phi) is 4.70. The second kappa shape index (κ2) is 7.50. The van der Waals surface area contributed by atoms with Crippen LogP contribution in [0.2, 0.25) is 0 Å². The molecule has 3 aromatic rings. The number of hydrogen-bond acceptors (Lipinski definition) is 3. The van der Waals surface area contributed by atoms with Crippen LogP contribution in [-0.2, 0) is 4.79 Å². The van der Waals surface area contributed by atoms with Gasteiger partial charge in [0, 0.05) is 38.0 Å². The third-order valence-electron chi connectivity index (χ3n) is 6.33. The van der Waals surface area contributed by atoms with E-state index in [-0.39, 0.29) is 5.82 Å². The SMILES string of the molecule is O=C1CCCN1CC1CCN(c2ccc(-c3ccc4[nH]ncc4c3)cc2F)CC1. The van der Waals surface area contributed by atoms with Gasteiger partial charge in [0.05, 0.1) is 17.4 Å². The van der Waals surface area contributed by atoms with E-state index in [2.05, 4.69) is 15.1 Å². The molecular weight excluding hydrogens is 367 g/mol. The monoisotopic (exact) mass is 392 g/mol. The van der Waals surface area contributed by atoms with Crippen LogP contribution in [0, 0.1) is 11.7 Å². The molecule has 2 aliphatic heterocycles. The Labute approximate surface area is 169 Å². The van der Waals surface area contributed by atoms with Crippen molar-refractivity contribution in [3.63, 3.8) is 0 Å². The third-order valence-corrected chi connectivity index (χ3v) is 6.33. The lowest BCUT2D eigenvalue weighted by Gasteiger charge is -2.35. The molecule has 0 saturated carbocycles. The zero-order chi connectivity index (χ0) is 19.8. The number of likely N-dealkylation sites (tertiary alicyclic amines) is 1. The summed E-state index contributed by atoms with van der Waals surface area (Å²) in [7, 11) is 0.